The second-order valence-corrected chi connectivity index (χ2v) is 5.47. The maximum atomic E-state index is 9.10. The molecular formula is C14H26N4O. The van der Waals surface area contributed by atoms with Crippen LogP contribution in [0.4, 0.5) is 0 Å². The quantitative estimate of drug-likeness (QED) is 0.818. The molecule has 1 fully saturated rings. The fourth-order valence-corrected chi connectivity index (χ4v) is 2.78. The Hall–Kier alpha value is -0.910. The van der Waals surface area contributed by atoms with E-state index in [0.717, 1.165) is 51.4 Å². The van der Waals surface area contributed by atoms with Crippen LogP contribution in [0.15, 0.2) is 12.4 Å². The third kappa shape index (κ3) is 4.03. The zero-order valence-corrected chi connectivity index (χ0v) is 12.1. The highest BCUT2D eigenvalue weighted by molar-refractivity contribution is 4.88. The van der Waals surface area contributed by atoms with Gasteiger partial charge in [-0.1, -0.05) is 0 Å². The van der Waals surface area contributed by atoms with Gasteiger partial charge in [0.2, 0.25) is 0 Å². The minimum atomic E-state index is 0.289. The van der Waals surface area contributed by atoms with E-state index < -0.39 is 0 Å². The van der Waals surface area contributed by atoms with E-state index >= 15 is 0 Å². The molecule has 2 rings (SSSR count). The molecule has 0 aromatic carbocycles. The van der Waals surface area contributed by atoms with Gasteiger partial charge in [0.05, 0.1) is 0 Å². The van der Waals surface area contributed by atoms with Crippen molar-refractivity contribution in [3.63, 3.8) is 0 Å². The van der Waals surface area contributed by atoms with Gasteiger partial charge in [0.25, 0.3) is 0 Å². The van der Waals surface area contributed by atoms with Crippen LogP contribution in [0.3, 0.4) is 0 Å². The molecule has 1 aliphatic heterocycles. The summed E-state index contributed by atoms with van der Waals surface area (Å²) in [6.07, 6.45) is 5.96. The standard InChI is InChI=1S/C14H26N4O/c1-13-15-5-8-18(13)7-3-6-17-10-9-16(2)14(12-17)4-11-19/h5,8,14,19H,3-4,6-7,9-12H2,1-2H3/t14-/m0/s1. The Balaban J connectivity index is 1.72. The molecule has 19 heavy (non-hydrogen) atoms. The van der Waals surface area contributed by atoms with E-state index in [1.54, 1.807) is 0 Å². The average molecular weight is 266 g/mol. The first kappa shape index (κ1) is 14.5. The molecule has 1 aromatic rings. The Labute approximate surface area is 115 Å². The summed E-state index contributed by atoms with van der Waals surface area (Å²) < 4.78 is 2.21. The summed E-state index contributed by atoms with van der Waals surface area (Å²) in [7, 11) is 2.16. The van der Waals surface area contributed by atoms with Crippen molar-refractivity contribution in [2.75, 3.05) is 39.8 Å². The third-order valence-electron chi connectivity index (χ3n) is 4.12. The number of rotatable bonds is 6. The summed E-state index contributed by atoms with van der Waals surface area (Å²) in [5.74, 6) is 1.09. The van der Waals surface area contributed by atoms with E-state index in [4.69, 9.17) is 5.11 Å². The van der Waals surface area contributed by atoms with Crippen LogP contribution in [0, 0.1) is 6.92 Å². The second-order valence-electron chi connectivity index (χ2n) is 5.47. The van der Waals surface area contributed by atoms with Gasteiger partial charge in [0.1, 0.15) is 5.82 Å². The van der Waals surface area contributed by atoms with Crippen molar-refractivity contribution in [1.29, 1.82) is 0 Å². The Morgan fingerprint density at radius 3 is 2.89 bits per heavy atom. The van der Waals surface area contributed by atoms with Crippen molar-refractivity contribution < 1.29 is 5.11 Å². The van der Waals surface area contributed by atoms with Gasteiger partial charge in [-0.3, -0.25) is 0 Å². The Bertz CT molecular complexity index is 379. The van der Waals surface area contributed by atoms with Gasteiger partial charge in [0.15, 0.2) is 0 Å². The number of likely N-dealkylation sites (N-methyl/N-ethyl adjacent to an activating group) is 1. The lowest BCUT2D eigenvalue weighted by atomic mass is 10.1. The SMILES string of the molecule is Cc1nccn1CCCN1CCN(C)[C@@H](CCO)C1. The molecule has 108 valence electrons. The fourth-order valence-electron chi connectivity index (χ4n) is 2.78. The third-order valence-corrected chi connectivity index (χ3v) is 4.12. The molecule has 0 aliphatic carbocycles. The van der Waals surface area contributed by atoms with Gasteiger partial charge >= 0.3 is 0 Å². The second kappa shape index (κ2) is 7.03. The summed E-state index contributed by atoms with van der Waals surface area (Å²) in [6.45, 7) is 7.84. The summed E-state index contributed by atoms with van der Waals surface area (Å²) in [5.41, 5.74) is 0. The van der Waals surface area contributed by atoms with Crippen molar-refractivity contribution in [1.82, 2.24) is 19.4 Å². The molecule has 0 unspecified atom stereocenters. The number of aliphatic hydroxyl groups excluding tert-OH is 1. The topological polar surface area (TPSA) is 44.5 Å². The number of hydrogen-bond acceptors (Lipinski definition) is 4. The van der Waals surface area contributed by atoms with Crippen LogP contribution in [0.25, 0.3) is 0 Å². The molecule has 0 spiro atoms. The monoisotopic (exact) mass is 266 g/mol. The maximum Gasteiger partial charge on any atom is 0.105 e. The lowest BCUT2D eigenvalue weighted by molar-refractivity contribution is 0.0772. The van der Waals surface area contributed by atoms with Gasteiger partial charge < -0.3 is 19.5 Å². The Morgan fingerprint density at radius 2 is 2.21 bits per heavy atom. The first-order chi connectivity index (χ1) is 9.20. The summed E-state index contributed by atoms with van der Waals surface area (Å²) in [6, 6.07) is 0.508. The maximum absolute atomic E-state index is 9.10. The summed E-state index contributed by atoms with van der Waals surface area (Å²) in [4.78, 5) is 9.13. The number of nitrogens with zero attached hydrogens (tertiary/aromatic N) is 4. The highest BCUT2D eigenvalue weighted by Gasteiger charge is 2.23. The Kier molecular flexibility index (Phi) is 5.36. The van der Waals surface area contributed by atoms with E-state index in [1.165, 1.54) is 0 Å². The predicted octanol–water partition coefficient (Wildman–Crippen LogP) is 0.580. The molecule has 0 amide bonds. The first-order valence-electron chi connectivity index (χ1n) is 7.22. The molecular weight excluding hydrogens is 240 g/mol. The molecule has 0 radical (unpaired) electrons. The largest absolute Gasteiger partial charge is 0.396 e. The smallest absolute Gasteiger partial charge is 0.105 e. The molecule has 0 saturated carbocycles. The molecule has 0 bridgehead atoms. The molecule has 2 heterocycles. The molecule has 1 N–H and O–H groups in total. The predicted molar refractivity (Wildman–Crippen MR) is 76.1 cm³/mol. The van der Waals surface area contributed by atoms with Gasteiger partial charge in [0, 0.05) is 51.2 Å². The van der Waals surface area contributed by atoms with E-state index in [-0.39, 0.29) is 6.61 Å². The minimum absolute atomic E-state index is 0.289. The highest BCUT2D eigenvalue weighted by Crippen LogP contribution is 2.11. The first-order valence-corrected chi connectivity index (χ1v) is 7.22. The summed E-state index contributed by atoms with van der Waals surface area (Å²) in [5, 5.41) is 9.10. The number of piperazine rings is 1. The van der Waals surface area contributed by atoms with Crippen molar-refractivity contribution >= 4 is 0 Å². The van der Waals surface area contributed by atoms with Crippen LogP contribution in [0.5, 0.6) is 0 Å². The zero-order valence-electron chi connectivity index (χ0n) is 12.1. The number of aromatic nitrogens is 2. The molecule has 1 aromatic heterocycles. The van der Waals surface area contributed by atoms with Gasteiger partial charge in [-0.25, -0.2) is 4.98 Å². The highest BCUT2D eigenvalue weighted by atomic mass is 16.3. The average Bonchev–Trinajstić information content (AvgIpc) is 2.79. The normalized spacial score (nSPS) is 21.9. The molecule has 1 saturated heterocycles. The number of imidazole rings is 1. The van der Waals surface area contributed by atoms with Crippen LogP contribution in [-0.2, 0) is 6.54 Å². The molecule has 1 atom stereocenters. The van der Waals surface area contributed by atoms with Gasteiger partial charge in [-0.05, 0) is 33.4 Å². The summed E-state index contributed by atoms with van der Waals surface area (Å²) >= 11 is 0. The number of aryl methyl sites for hydroxylation is 2. The van der Waals surface area contributed by atoms with Crippen LogP contribution in [0.1, 0.15) is 18.7 Å². The lowest BCUT2D eigenvalue weighted by Crippen LogP contribution is -2.51. The van der Waals surface area contributed by atoms with E-state index in [0.29, 0.717) is 6.04 Å². The Morgan fingerprint density at radius 1 is 1.37 bits per heavy atom. The van der Waals surface area contributed by atoms with Crippen molar-refractivity contribution in [2.24, 2.45) is 0 Å². The van der Waals surface area contributed by atoms with E-state index in [2.05, 4.69) is 26.4 Å². The minimum Gasteiger partial charge on any atom is -0.396 e. The number of hydrogen-bond donors (Lipinski definition) is 1. The molecule has 1 aliphatic rings. The van der Waals surface area contributed by atoms with Crippen LogP contribution >= 0.6 is 0 Å². The zero-order chi connectivity index (χ0) is 13.7. The fraction of sp³-hybridized carbons (Fsp3) is 0.786. The van der Waals surface area contributed by atoms with Crippen molar-refractivity contribution in [3.8, 4) is 0 Å². The lowest BCUT2D eigenvalue weighted by Gasteiger charge is -2.39. The van der Waals surface area contributed by atoms with Gasteiger partial charge in [-0.15, -0.1) is 0 Å². The van der Waals surface area contributed by atoms with Crippen molar-refractivity contribution in [2.45, 2.75) is 32.4 Å². The van der Waals surface area contributed by atoms with E-state index in [9.17, 15) is 0 Å². The van der Waals surface area contributed by atoms with Gasteiger partial charge in [-0.2, -0.15) is 0 Å². The molecule has 5 heteroatoms. The van der Waals surface area contributed by atoms with Crippen LogP contribution in [0.2, 0.25) is 0 Å². The number of aliphatic hydroxyl groups is 1. The van der Waals surface area contributed by atoms with E-state index in [1.807, 2.05) is 19.3 Å². The van der Waals surface area contributed by atoms with Crippen LogP contribution in [-0.4, -0.2) is 70.3 Å². The van der Waals surface area contributed by atoms with Crippen molar-refractivity contribution in [3.05, 3.63) is 18.2 Å². The molecule has 5 nitrogen and oxygen atoms in total. The van der Waals surface area contributed by atoms with Crippen LogP contribution < -0.4 is 0 Å².